The topological polar surface area (TPSA) is 88.5 Å². The minimum Gasteiger partial charge on any atom is -0.493 e. The summed E-state index contributed by atoms with van der Waals surface area (Å²) in [5.41, 5.74) is 3.59. The van der Waals surface area contributed by atoms with E-state index in [0.717, 1.165) is 52.6 Å². The monoisotopic (exact) mass is 416 g/mol. The van der Waals surface area contributed by atoms with Crippen molar-refractivity contribution in [3.8, 4) is 17.0 Å². The molecule has 8 heteroatoms. The van der Waals surface area contributed by atoms with Crippen LogP contribution >= 0.6 is 11.3 Å². The Morgan fingerprint density at radius 3 is 2.71 bits per heavy atom. The van der Waals surface area contributed by atoms with Crippen LogP contribution in [0.5, 0.6) is 5.75 Å². The van der Waals surface area contributed by atoms with Crippen molar-refractivity contribution >= 4 is 32.0 Å². The Balaban J connectivity index is 1.61. The number of aromatic nitrogens is 1. The van der Waals surface area contributed by atoms with Crippen LogP contribution in [-0.4, -0.2) is 31.4 Å². The fourth-order valence-electron chi connectivity index (χ4n) is 3.15. The lowest BCUT2D eigenvalue weighted by molar-refractivity contribution is 0.286. The van der Waals surface area contributed by atoms with Gasteiger partial charge in [-0.3, -0.25) is 0 Å². The molecule has 0 saturated carbocycles. The highest BCUT2D eigenvalue weighted by atomic mass is 32.2. The molecule has 1 aliphatic heterocycles. The Hall–Kier alpha value is -2.42. The number of hydrogen-bond acceptors (Lipinski definition) is 7. The zero-order valence-electron chi connectivity index (χ0n) is 15.3. The van der Waals surface area contributed by atoms with Crippen LogP contribution in [0.25, 0.3) is 11.3 Å². The van der Waals surface area contributed by atoms with Crippen molar-refractivity contribution in [2.75, 3.05) is 18.2 Å². The SMILES string of the molecule is CS(=O)(=O)c1ccc(Nc2nc(-c3ccc4c(c3)CCCO4)c(CO)s2)cc1. The van der Waals surface area contributed by atoms with Crippen molar-refractivity contribution in [2.45, 2.75) is 24.3 Å². The first-order chi connectivity index (χ1) is 13.4. The lowest BCUT2D eigenvalue weighted by Gasteiger charge is -2.17. The Bertz CT molecular complexity index is 1110. The predicted molar refractivity (Wildman–Crippen MR) is 110 cm³/mol. The molecule has 3 aromatic rings. The molecule has 1 aliphatic rings. The third-order valence-electron chi connectivity index (χ3n) is 4.56. The second-order valence-electron chi connectivity index (χ2n) is 6.64. The number of aryl methyl sites for hydroxylation is 1. The summed E-state index contributed by atoms with van der Waals surface area (Å²) in [4.78, 5) is 5.69. The van der Waals surface area contributed by atoms with Gasteiger partial charge in [-0.1, -0.05) is 11.3 Å². The first-order valence-corrected chi connectivity index (χ1v) is 11.6. The summed E-state index contributed by atoms with van der Waals surface area (Å²) in [6, 6.07) is 12.5. The second-order valence-corrected chi connectivity index (χ2v) is 9.74. The molecule has 0 saturated heterocycles. The highest BCUT2D eigenvalue weighted by Crippen LogP contribution is 2.36. The van der Waals surface area contributed by atoms with Crippen LogP contribution in [-0.2, 0) is 22.9 Å². The molecule has 0 fully saturated rings. The van der Waals surface area contributed by atoms with Crippen LogP contribution in [0.1, 0.15) is 16.9 Å². The Morgan fingerprint density at radius 2 is 2.00 bits per heavy atom. The van der Waals surface area contributed by atoms with E-state index in [2.05, 4.69) is 16.4 Å². The maximum absolute atomic E-state index is 11.6. The zero-order valence-corrected chi connectivity index (χ0v) is 16.9. The van der Waals surface area contributed by atoms with Crippen LogP contribution in [0.15, 0.2) is 47.4 Å². The quantitative estimate of drug-likeness (QED) is 0.658. The van der Waals surface area contributed by atoms with Crippen molar-refractivity contribution in [1.82, 2.24) is 4.98 Å². The van der Waals surface area contributed by atoms with E-state index in [-0.39, 0.29) is 11.5 Å². The van der Waals surface area contributed by atoms with Gasteiger partial charge in [0.05, 0.1) is 28.7 Å². The van der Waals surface area contributed by atoms with Gasteiger partial charge in [0, 0.05) is 17.5 Å². The summed E-state index contributed by atoms with van der Waals surface area (Å²) in [6.45, 7) is 0.645. The van der Waals surface area contributed by atoms with Gasteiger partial charge in [0.15, 0.2) is 15.0 Å². The summed E-state index contributed by atoms with van der Waals surface area (Å²) in [5, 5.41) is 13.6. The van der Waals surface area contributed by atoms with Crippen molar-refractivity contribution in [2.24, 2.45) is 0 Å². The van der Waals surface area contributed by atoms with Gasteiger partial charge in [0.1, 0.15) is 5.75 Å². The number of fused-ring (bicyclic) bond motifs is 1. The van der Waals surface area contributed by atoms with Gasteiger partial charge in [-0.15, -0.1) is 0 Å². The molecule has 0 bridgehead atoms. The van der Waals surface area contributed by atoms with Crippen LogP contribution in [0, 0.1) is 0 Å². The van der Waals surface area contributed by atoms with E-state index < -0.39 is 9.84 Å². The molecule has 2 N–H and O–H groups in total. The van der Waals surface area contributed by atoms with Gasteiger partial charge in [0.2, 0.25) is 0 Å². The van der Waals surface area contributed by atoms with E-state index in [4.69, 9.17) is 4.74 Å². The smallest absolute Gasteiger partial charge is 0.188 e. The van der Waals surface area contributed by atoms with Gasteiger partial charge in [0.25, 0.3) is 0 Å². The fourth-order valence-corrected chi connectivity index (χ4v) is 4.65. The van der Waals surface area contributed by atoms with Gasteiger partial charge >= 0.3 is 0 Å². The van der Waals surface area contributed by atoms with Crippen LogP contribution < -0.4 is 10.1 Å². The summed E-state index contributed by atoms with van der Waals surface area (Å²) in [5.74, 6) is 0.917. The maximum Gasteiger partial charge on any atom is 0.188 e. The molecule has 4 rings (SSSR count). The lowest BCUT2D eigenvalue weighted by Crippen LogP contribution is -2.08. The molecule has 2 aromatic carbocycles. The molecule has 28 heavy (non-hydrogen) atoms. The van der Waals surface area contributed by atoms with Gasteiger partial charge in [-0.05, 0) is 60.9 Å². The third kappa shape index (κ3) is 3.89. The van der Waals surface area contributed by atoms with E-state index in [1.54, 1.807) is 24.3 Å². The highest BCUT2D eigenvalue weighted by molar-refractivity contribution is 7.90. The molecule has 0 atom stereocenters. The van der Waals surface area contributed by atoms with Crippen molar-refractivity contribution in [1.29, 1.82) is 0 Å². The van der Waals surface area contributed by atoms with E-state index in [0.29, 0.717) is 5.13 Å². The van der Waals surface area contributed by atoms with E-state index in [1.807, 2.05) is 12.1 Å². The summed E-state index contributed by atoms with van der Waals surface area (Å²) < 4.78 is 28.8. The molecule has 0 aliphatic carbocycles. The molecule has 0 radical (unpaired) electrons. The third-order valence-corrected chi connectivity index (χ3v) is 6.64. The number of benzene rings is 2. The first-order valence-electron chi connectivity index (χ1n) is 8.88. The number of hydrogen-bond donors (Lipinski definition) is 2. The minimum atomic E-state index is -3.23. The number of nitrogens with zero attached hydrogens (tertiary/aromatic N) is 1. The summed E-state index contributed by atoms with van der Waals surface area (Å²) in [6.07, 6.45) is 3.15. The van der Waals surface area contributed by atoms with Crippen molar-refractivity contribution in [3.63, 3.8) is 0 Å². The Kier molecular flexibility index (Phi) is 5.09. The Labute approximate surface area is 167 Å². The summed E-state index contributed by atoms with van der Waals surface area (Å²) >= 11 is 1.37. The largest absolute Gasteiger partial charge is 0.493 e. The number of rotatable bonds is 5. The Morgan fingerprint density at radius 1 is 1.21 bits per heavy atom. The van der Waals surface area contributed by atoms with Crippen molar-refractivity contribution in [3.05, 3.63) is 52.9 Å². The fraction of sp³-hybridized carbons (Fsp3) is 0.250. The number of aliphatic hydroxyl groups excluding tert-OH is 1. The number of aliphatic hydroxyl groups is 1. The zero-order chi connectivity index (χ0) is 19.7. The first kappa shape index (κ1) is 18.9. The average Bonchev–Trinajstić information content (AvgIpc) is 3.10. The number of nitrogens with one attached hydrogen (secondary N) is 1. The normalized spacial score (nSPS) is 13.6. The lowest BCUT2D eigenvalue weighted by atomic mass is 10.0. The number of ether oxygens (including phenoxy) is 1. The standard InChI is InChI=1S/C20H20N2O4S2/c1-28(24,25)16-7-5-15(6-8-16)21-20-22-19(18(12-23)27-20)14-4-9-17-13(11-14)3-2-10-26-17/h4-9,11,23H,2-3,10,12H2,1H3,(H,21,22). The van der Waals surface area contributed by atoms with E-state index in [1.165, 1.54) is 17.6 Å². The van der Waals surface area contributed by atoms with Crippen LogP contribution in [0.2, 0.25) is 0 Å². The maximum atomic E-state index is 11.6. The van der Waals surface area contributed by atoms with Gasteiger partial charge in [-0.2, -0.15) is 0 Å². The number of sulfone groups is 1. The molecule has 1 aromatic heterocycles. The predicted octanol–water partition coefficient (Wildman–Crippen LogP) is 3.77. The molecule has 0 unspecified atom stereocenters. The van der Waals surface area contributed by atoms with E-state index in [9.17, 15) is 13.5 Å². The number of anilines is 2. The molecule has 6 nitrogen and oxygen atoms in total. The van der Waals surface area contributed by atoms with Crippen LogP contribution in [0.3, 0.4) is 0 Å². The van der Waals surface area contributed by atoms with Gasteiger partial charge in [-0.25, -0.2) is 13.4 Å². The molecule has 0 amide bonds. The van der Waals surface area contributed by atoms with Gasteiger partial charge < -0.3 is 15.2 Å². The highest BCUT2D eigenvalue weighted by Gasteiger charge is 2.17. The molecule has 146 valence electrons. The molecular formula is C20H20N2O4S2. The summed E-state index contributed by atoms with van der Waals surface area (Å²) in [7, 11) is -3.23. The minimum absolute atomic E-state index is 0.102. The molecule has 0 spiro atoms. The molecule has 2 heterocycles. The van der Waals surface area contributed by atoms with Crippen LogP contribution in [0.4, 0.5) is 10.8 Å². The van der Waals surface area contributed by atoms with Crippen molar-refractivity contribution < 1.29 is 18.3 Å². The van der Waals surface area contributed by atoms with E-state index >= 15 is 0 Å². The number of thiazole rings is 1. The molecular weight excluding hydrogens is 396 g/mol. The second kappa shape index (κ2) is 7.54. The average molecular weight is 417 g/mol.